The first-order valence-electron chi connectivity index (χ1n) is 9.52. The molecule has 0 aliphatic carbocycles. The van der Waals surface area contributed by atoms with E-state index in [0.717, 1.165) is 18.8 Å². The van der Waals surface area contributed by atoms with Crippen molar-refractivity contribution in [2.75, 3.05) is 24.6 Å². The lowest BCUT2D eigenvalue weighted by Crippen LogP contribution is -2.29. The normalized spacial score (nSPS) is 14.2. The van der Waals surface area contributed by atoms with Gasteiger partial charge in [0.25, 0.3) is 0 Å². The van der Waals surface area contributed by atoms with Crippen molar-refractivity contribution in [3.05, 3.63) is 59.1 Å². The third kappa shape index (κ3) is 3.26. The minimum atomic E-state index is -0.398. The van der Waals surface area contributed by atoms with Crippen LogP contribution in [0, 0.1) is 13.8 Å². The molecule has 0 spiro atoms. The highest BCUT2D eigenvalue weighted by Gasteiger charge is 2.27. The molecule has 1 aromatic carbocycles. The fourth-order valence-corrected chi connectivity index (χ4v) is 3.65. The van der Waals surface area contributed by atoms with Crippen LogP contribution in [0.15, 0.2) is 40.8 Å². The Kier molecular flexibility index (Phi) is 4.86. The Morgan fingerprint density at radius 1 is 1.21 bits per heavy atom. The van der Waals surface area contributed by atoms with Crippen LogP contribution in [0.3, 0.4) is 0 Å². The number of rotatable bonds is 4. The number of aryl methyl sites for hydroxylation is 2. The molecule has 0 N–H and O–H groups in total. The molecule has 2 aromatic heterocycles. The van der Waals surface area contributed by atoms with Crippen LogP contribution in [-0.4, -0.2) is 35.6 Å². The number of carbonyl (C=O) groups excluding carboxylic acids is 1. The monoisotopic (exact) mass is 377 g/mol. The van der Waals surface area contributed by atoms with E-state index in [1.54, 1.807) is 13.8 Å². The fraction of sp³-hybridized carbons (Fsp3) is 0.318. The molecule has 1 aliphatic rings. The maximum absolute atomic E-state index is 12.5. The molecule has 3 aromatic rings. The maximum Gasteiger partial charge on any atom is 0.342 e. The fourth-order valence-electron chi connectivity index (χ4n) is 3.65. The van der Waals surface area contributed by atoms with Crippen molar-refractivity contribution in [3.8, 4) is 0 Å². The molecule has 0 saturated heterocycles. The van der Waals surface area contributed by atoms with Crippen LogP contribution in [0.1, 0.15) is 40.9 Å². The van der Waals surface area contributed by atoms with E-state index in [9.17, 15) is 4.79 Å². The van der Waals surface area contributed by atoms with Gasteiger partial charge in [-0.3, -0.25) is 0 Å². The molecule has 28 heavy (non-hydrogen) atoms. The zero-order valence-corrected chi connectivity index (χ0v) is 16.4. The molecule has 4 rings (SSSR count). The van der Waals surface area contributed by atoms with E-state index in [2.05, 4.69) is 45.2 Å². The van der Waals surface area contributed by atoms with Crippen LogP contribution in [0.4, 0.5) is 5.82 Å². The van der Waals surface area contributed by atoms with E-state index in [-0.39, 0.29) is 0 Å². The highest BCUT2D eigenvalue weighted by Crippen LogP contribution is 2.34. The van der Waals surface area contributed by atoms with E-state index in [1.165, 1.54) is 11.1 Å². The molecule has 0 radical (unpaired) electrons. The summed E-state index contributed by atoms with van der Waals surface area (Å²) in [6.07, 6.45) is 3.12. The average molecular weight is 377 g/mol. The summed E-state index contributed by atoms with van der Waals surface area (Å²) in [6, 6.07) is 10.4. The van der Waals surface area contributed by atoms with Crippen LogP contribution in [0.25, 0.3) is 16.7 Å². The number of esters is 1. The van der Waals surface area contributed by atoms with Crippen molar-refractivity contribution in [1.29, 1.82) is 0 Å². The Balaban J connectivity index is 1.75. The van der Waals surface area contributed by atoms with Gasteiger partial charge in [-0.25, -0.2) is 9.78 Å². The minimum Gasteiger partial charge on any atom is -0.462 e. The van der Waals surface area contributed by atoms with E-state index in [4.69, 9.17) is 9.15 Å². The van der Waals surface area contributed by atoms with Crippen LogP contribution >= 0.6 is 0 Å². The second kappa shape index (κ2) is 7.46. The average Bonchev–Trinajstić information content (AvgIpc) is 3.04. The first kappa shape index (κ1) is 18.2. The number of carbonyl (C=O) groups is 1. The zero-order valence-electron chi connectivity index (χ0n) is 16.4. The molecule has 0 bridgehead atoms. The molecule has 1 aliphatic heterocycles. The molecule has 0 atom stereocenters. The number of nitrogens with zero attached hydrogens (tertiary/aromatic N) is 3. The van der Waals surface area contributed by atoms with Gasteiger partial charge in [0.05, 0.1) is 12.0 Å². The lowest BCUT2D eigenvalue weighted by molar-refractivity contribution is 0.0526. The van der Waals surface area contributed by atoms with Crippen LogP contribution in [0.2, 0.25) is 0 Å². The SMILES string of the molecule is CCOC(=O)c1c(C)oc2nc(C)nc(N3CC=C(c4ccccc4)CC3)c12. The van der Waals surface area contributed by atoms with E-state index >= 15 is 0 Å². The van der Waals surface area contributed by atoms with Gasteiger partial charge in [0.1, 0.15) is 23.0 Å². The second-order valence-corrected chi connectivity index (χ2v) is 6.82. The van der Waals surface area contributed by atoms with Gasteiger partial charge in [-0.05, 0) is 38.3 Å². The van der Waals surface area contributed by atoms with Crippen LogP contribution < -0.4 is 4.90 Å². The van der Waals surface area contributed by atoms with Gasteiger partial charge in [0.15, 0.2) is 0 Å². The van der Waals surface area contributed by atoms with Crippen molar-refractivity contribution in [2.45, 2.75) is 27.2 Å². The van der Waals surface area contributed by atoms with E-state index in [1.807, 2.05) is 13.0 Å². The summed E-state index contributed by atoms with van der Waals surface area (Å²) < 4.78 is 11.0. The zero-order chi connectivity index (χ0) is 19.7. The Morgan fingerprint density at radius 3 is 2.68 bits per heavy atom. The smallest absolute Gasteiger partial charge is 0.342 e. The maximum atomic E-state index is 12.5. The third-order valence-electron chi connectivity index (χ3n) is 4.95. The van der Waals surface area contributed by atoms with Gasteiger partial charge >= 0.3 is 5.97 Å². The lowest BCUT2D eigenvalue weighted by Gasteiger charge is -2.28. The molecule has 0 fully saturated rings. The predicted octanol–water partition coefficient (Wildman–Crippen LogP) is 4.31. The van der Waals surface area contributed by atoms with Crippen LogP contribution in [0.5, 0.6) is 0 Å². The van der Waals surface area contributed by atoms with Crippen molar-refractivity contribution in [2.24, 2.45) is 0 Å². The number of aromatic nitrogens is 2. The molecule has 6 heteroatoms. The summed E-state index contributed by atoms with van der Waals surface area (Å²) in [7, 11) is 0. The predicted molar refractivity (Wildman–Crippen MR) is 108 cm³/mol. The number of ether oxygens (including phenoxy) is 1. The lowest BCUT2D eigenvalue weighted by atomic mass is 9.99. The highest BCUT2D eigenvalue weighted by molar-refractivity contribution is 6.08. The quantitative estimate of drug-likeness (QED) is 0.631. The topological polar surface area (TPSA) is 68.5 Å². The van der Waals surface area contributed by atoms with Crippen molar-refractivity contribution < 1.29 is 13.9 Å². The number of hydrogen-bond acceptors (Lipinski definition) is 6. The molecule has 0 amide bonds. The van der Waals surface area contributed by atoms with Gasteiger partial charge in [-0.2, -0.15) is 4.98 Å². The molecular formula is C22H23N3O3. The highest BCUT2D eigenvalue weighted by atomic mass is 16.5. The Labute approximate surface area is 163 Å². The van der Waals surface area contributed by atoms with E-state index in [0.29, 0.717) is 41.4 Å². The van der Waals surface area contributed by atoms with Crippen molar-refractivity contribution in [1.82, 2.24) is 9.97 Å². The van der Waals surface area contributed by atoms with Gasteiger partial charge in [0.2, 0.25) is 5.71 Å². The molecule has 6 nitrogen and oxygen atoms in total. The standard InChI is InChI=1S/C22H23N3O3/c1-4-27-22(26)18-14(2)28-21-19(18)20(23-15(3)24-21)25-12-10-17(11-13-25)16-8-6-5-7-9-16/h5-10H,4,11-13H2,1-3H3. The van der Waals surface area contributed by atoms with Crippen LogP contribution in [-0.2, 0) is 4.74 Å². The second-order valence-electron chi connectivity index (χ2n) is 6.82. The number of benzene rings is 1. The summed E-state index contributed by atoms with van der Waals surface area (Å²) in [4.78, 5) is 23.7. The summed E-state index contributed by atoms with van der Waals surface area (Å²) in [5, 5.41) is 0.637. The Hall–Kier alpha value is -3.15. The molecule has 144 valence electrons. The summed E-state index contributed by atoms with van der Waals surface area (Å²) >= 11 is 0. The number of fused-ring (bicyclic) bond motifs is 1. The summed E-state index contributed by atoms with van der Waals surface area (Å²) in [5.74, 6) is 1.45. The van der Waals surface area contributed by atoms with Gasteiger partial charge < -0.3 is 14.1 Å². The van der Waals surface area contributed by atoms with Gasteiger partial charge in [0, 0.05) is 13.1 Å². The minimum absolute atomic E-state index is 0.305. The first-order valence-corrected chi connectivity index (χ1v) is 9.52. The number of hydrogen-bond donors (Lipinski definition) is 0. The van der Waals surface area contributed by atoms with Gasteiger partial charge in [-0.15, -0.1) is 0 Å². The summed E-state index contributed by atoms with van der Waals surface area (Å²) in [6.45, 7) is 7.20. The Morgan fingerprint density at radius 2 is 2.00 bits per heavy atom. The molecule has 3 heterocycles. The first-order chi connectivity index (χ1) is 13.6. The third-order valence-corrected chi connectivity index (χ3v) is 4.95. The number of anilines is 1. The van der Waals surface area contributed by atoms with Crippen molar-refractivity contribution >= 4 is 28.5 Å². The number of furan rings is 1. The molecular weight excluding hydrogens is 354 g/mol. The molecule has 0 unspecified atom stereocenters. The Bertz CT molecular complexity index is 1050. The summed E-state index contributed by atoms with van der Waals surface area (Å²) in [5.41, 5.74) is 3.43. The van der Waals surface area contributed by atoms with E-state index < -0.39 is 5.97 Å². The molecule has 0 saturated carbocycles. The van der Waals surface area contributed by atoms with Gasteiger partial charge in [-0.1, -0.05) is 36.4 Å². The largest absolute Gasteiger partial charge is 0.462 e. The van der Waals surface area contributed by atoms with Crippen molar-refractivity contribution in [3.63, 3.8) is 0 Å².